The summed E-state index contributed by atoms with van der Waals surface area (Å²) < 4.78 is 2.06. The van der Waals surface area contributed by atoms with Crippen molar-refractivity contribution >= 4 is 17.2 Å². The summed E-state index contributed by atoms with van der Waals surface area (Å²) in [5, 5.41) is 3.68. The molecule has 2 aromatic heterocycles. The normalized spacial score (nSPS) is 27.0. The molecule has 3 rings (SSSR count). The van der Waals surface area contributed by atoms with E-state index in [9.17, 15) is 0 Å². The summed E-state index contributed by atoms with van der Waals surface area (Å²) in [6.07, 6.45) is 9.07. The average molecular weight is 292 g/mol. The number of nitrogens with one attached hydrogen (secondary N) is 1. The van der Waals surface area contributed by atoms with Crippen LogP contribution in [0.2, 0.25) is 0 Å². The van der Waals surface area contributed by atoms with Gasteiger partial charge in [0.05, 0.1) is 5.69 Å². The number of nitrogens with zero attached hydrogens (tertiary/aromatic N) is 2. The minimum absolute atomic E-state index is 0.0923. The van der Waals surface area contributed by atoms with Gasteiger partial charge in [0.2, 0.25) is 0 Å². The molecule has 2 unspecified atom stereocenters. The summed E-state index contributed by atoms with van der Waals surface area (Å²) in [7, 11) is 0. The van der Waals surface area contributed by atoms with Gasteiger partial charge in [-0.25, -0.2) is 4.98 Å². The van der Waals surface area contributed by atoms with Crippen LogP contribution in [0.3, 0.4) is 0 Å². The van der Waals surface area contributed by atoms with Crippen molar-refractivity contribution in [1.29, 1.82) is 0 Å². The third-order valence-corrected chi connectivity index (χ3v) is 4.92. The highest BCUT2D eigenvalue weighted by Gasteiger charge is 2.33. The summed E-state index contributed by atoms with van der Waals surface area (Å²) in [4.78, 5) is 4.64. The summed E-state index contributed by atoms with van der Waals surface area (Å²) in [6.45, 7) is 3.12. The Bertz CT molecular complexity index is 547. The highest BCUT2D eigenvalue weighted by Crippen LogP contribution is 2.33. The molecule has 0 amide bonds. The minimum Gasteiger partial charge on any atom is -0.307 e. The van der Waals surface area contributed by atoms with Gasteiger partial charge in [-0.3, -0.25) is 0 Å². The Kier molecular flexibility index (Phi) is 3.99. The number of hydrogen-bond donors (Lipinski definition) is 1. The Labute approximate surface area is 125 Å². The second-order valence-corrected chi connectivity index (χ2v) is 6.43. The lowest BCUT2D eigenvalue weighted by Crippen LogP contribution is -2.49. The van der Waals surface area contributed by atoms with Crippen LogP contribution in [-0.4, -0.2) is 20.8 Å². The fourth-order valence-electron chi connectivity index (χ4n) is 3.34. The van der Waals surface area contributed by atoms with Gasteiger partial charge in [0.15, 0.2) is 0 Å². The van der Waals surface area contributed by atoms with Crippen LogP contribution >= 0.6 is 11.6 Å². The van der Waals surface area contributed by atoms with Crippen LogP contribution in [0, 0.1) is 5.92 Å². The maximum absolute atomic E-state index is 6.26. The van der Waals surface area contributed by atoms with Gasteiger partial charge in [-0.05, 0) is 30.9 Å². The average Bonchev–Trinajstić information content (AvgIpc) is 2.88. The molecule has 0 radical (unpaired) electrons. The van der Waals surface area contributed by atoms with E-state index in [1.807, 2.05) is 24.4 Å². The third-order valence-electron chi connectivity index (χ3n) is 4.41. The summed E-state index contributed by atoms with van der Waals surface area (Å²) in [5.74, 6) is 1.45. The number of pyridine rings is 1. The lowest BCUT2D eigenvalue weighted by Gasteiger charge is -2.39. The molecular weight excluding hydrogens is 270 g/mol. The molecule has 0 aromatic carbocycles. The van der Waals surface area contributed by atoms with E-state index in [-0.39, 0.29) is 5.54 Å². The van der Waals surface area contributed by atoms with Crippen LogP contribution in [0.1, 0.15) is 38.3 Å². The lowest BCUT2D eigenvalue weighted by atomic mass is 9.77. The van der Waals surface area contributed by atoms with Crippen LogP contribution in [0.4, 0.5) is 0 Å². The second kappa shape index (κ2) is 5.74. The van der Waals surface area contributed by atoms with Crippen molar-refractivity contribution in [3.8, 4) is 0 Å². The minimum atomic E-state index is 0.0923. The van der Waals surface area contributed by atoms with E-state index >= 15 is 0 Å². The molecule has 1 N–H and O–H groups in total. The maximum Gasteiger partial charge on any atom is 0.137 e. The van der Waals surface area contributed by atoms with E-state index < -0.39 is 0 Å². The molecule has 4 heteroatoms. The van der Waals surface area contributed by atoms with Crippen molar-refractivity contribution in [3.05, 3.63) is 36.3 Å². The van der Waals surface area contributed by atoms with Gasteiger partial charge in [-0.1, -0.05) is 25.8 Å². The molecular formula is C16H22ClN3. The van der Waals surface area contributed by atoms with Crippen LogP contribution in [-0.2, 0) is 6.54 Å². The van der Waals surface area contributed by atoms with Gasteiger partial charge in [-0.2, -0.15) is 0 Å². The van der Waals surface area contributed by atoms with Gasteiger partial charge in [0, 0.05) is 30.4 Å². The zero-order valence-corrected chi connectivity index (χ0v) is 12.7. The Morgan fingerprint density at radius 3 is 3.15 bits per heavy atom. The van der Waals surface area contributed by atoms with Crippen LogP contribution < -0.4 is 5.32 Å². The first-order valence-corrected chi connectivity index (χ1v) is 7.98. The number of fused-ring (bicyclic) bond motifs is 1. The molecule has 3 nitrogen and oxygen atoms in total. The quantitative estimate of drug-likeness (QED) is 0.872. The lowest BCUT2D eigenvalue weighted by molar-refractivity contribution is 0.207. The molecule has 0 bridgehead atoms. The van der Waals surface area contributed by atoms with Gasteiger partial charge >= 0.3 is 0 Å². The Balaban J connectivity index is 1.71. The van der Waals surface area contributed by atoms with E-state index in [1.165, 1.54) is 25.7 Å². The molecule has 20 heavy (non-hydrogen) atoms. The molecule has 0 saturated heterocycles. The number of rotatable bonds is 4. The highest BCUT2D eigenvalue weighted by molar-refractivity contribution is 6.18. The van der Waals surface area contributed by atoms with E-state index in [0.717, 1.165) is 23.8 Å². The molecule has 0 aliphatic heterocycles. The molecule has 1 saturated carbocycles. The van der Waals surface area contributed by atoms with E-state index in [0.29, 0.717) is 5.88 Å². The molecule has 108 valence electrons. The van der Waals surface area contributed by atoms with Gasteiger partial charge in [-0.15, -0.1) is 11.6 Å². The molecule has 1 aliphatic carbocycles. The van der Waals surface area contributed by atoms with Gasteiger partial charge < -0.3 is 9.72 Å². The Hall–Kier alpha value is -1.06. The molecule has 1 aliphatic rings. The third kappa shape index (κ3) is 2.84. The van der Waals surface area contributed by atoms with Crippen molar-refractivity contribution in [1.82, 2.24) is 14.7 Å². The van der Waals surface area contributed by atoms with E-state index in [2.05, 4.69) is 27.8 Å². The number of alkyl halides is 1. The molecule has 2 heterocycles. The van der Waals surface area contributed by atoms with Crippen molar-refractivity contribution < 1.29 is 0 Å². The first-order valence-electron chi connectivity index (χ1n) is 7.44. The van der Waals surface area contributed by atoms with Crippen LogP contribution in [0.25, 0.3) is 5.65 Å². The van der Waals surface area contributed by atoms with Crippen molar-refractivity contribution in [3.63, 3.8) is 0 Å². The van der Waals surface area contributed by atoms with Crippen LogP contribution in [0.15, 0.2) is 30.6 Å². The fraction of sp³-hybridized carbons (Fsp3) is 0.562. The SMILES string of the molecule is CC1CCCC(CCl)(NCc2cn3ccccc3n2)C1. The topological polar surface area (TPSA) is 29.3 Å². The molecule has 1 fully saturated rings. The number of aromatic nitrogens is 2. The molecule has 0 spiro atoms. The van der Waals surface area contributed by atoms with E-state index in [4.69, 9.17) is 11.6 Å². The zero-order valence-electron chi connectivity index (χ0n) is 12.0. The van der Waals surface area contributed by atoms with Gasteiger partial charge in [0.25, 0.3) is 0 Å². The van der Waals surface area contributed by atoms with Crippen LogP contribution in [0.5, 0.6) is 0 Å². The van der Waals surface area contributed by atoms with Crippen molar-refractivity contribution in [2.24, 2.45) is 5.92 Å². The predicted octanol–water partition coefficient (Wildman–Crippen LogP) is 3.61. The Morgan fingerprint density at radius 2 is 2.40 bits per heavy atom. The second-order valence-electron chi connectivity index (χ2n) is 6.17. The predicted molar refractivity (Wildman–Crippen MR) is 83.1 cm³/mol. The summed E-state index contributed by atoms with van der Waals surface area (Å²) in [6, 6.07) is 6.07. The number of hydrogen-bond acceptors (Lipinski definition) is 2. The monoisotopic (exact) mass is 291 g/mol. The Morgan fingerprint density at radius 1 is 1.50 bits per heavy atom. The fourth-order valence-corrected chi connectivity index (χ4v) is 3.68. The number of halogens is 1. The molecule has 2 atom stereocenters. The standard InChI is InChI=1S/C16H22ClN3/c1-13-5-4-7-16(9-13,12-17)18-10-14-11-20-8-3-2-6-15(20)19-14/h2-3,6,8,11,13,18H,4-5,7,9-10,12H2,1H3. The highest BCUT2D eigenvalue weighted by atomic mass is 35.5. The number of imidazole rings is 1. The zero-order chi connectivity index (χ0) is 14.0. The summed E-state index contributed by atoms with van der Waals surface area (Å²) in [5.41, 5.74) is 2.18. The maximum atomic E-state index is 6.26. The van der Waals surface area contributed by atoms with Gasteiger partial charge in [0.1, 0.15) is 5.65 Å². The van der Waals surface area contributed by atoms with Crippen molar-refractivity contribution in [2.45, 2.75) is 44.7 Å². The summed E-state index contributed by atoms with van der Waals surface area (Å²) >= 11 is 6.26. The largest absolute Gasteiger partial charge is 0.307 e. The first kappa shape index (κ1) is 13.9. The van der Waals surface area contributed by atoms with E-state index in [1.54, 1.807) is 0 Å². The molecule has 2 aromatic rings. The van der Waals surface area contributed by atoms with Crippen molar-refractivity contribution in [2.75, 3.05) is 5.88 Å². The first-order chi connectivity index (χ1) is 9.71. The smallest absolute Gasteiger partial charge is 0.137 e.